The van der Waals surface area contributed by atoms with Crippen LogP contribution < -0.4 is 4.74 Å². The topological polar surface area (TPSA) is 42.4 Å². The van der Waals surface area contributed by atoms with Crippen molar-refractivity contribution in [2.24, 2.45) is 0 Å². The fraction of sp³-hybridized carbons (Fsp3) is 0.375. The quantitative estimate of drug-likeness (QED) is 0.614. The van der Waals surface area contributed by atoms with Crippen LogP contribution in [0, 0.1) is 3.57 Å². The lowest BCUT2D eigenvalue weighted by Crippen LogP contribution is -2.18. The van der Waals surface area contributed by atoms with Crippen molar-refractivity contribution < 1.29 is 23.0 Å². The Hall–Kier alpha value is -0.0900. The van der Waals surface area contributed by atoms with Crippen LogP contribution in [0.2, 0.25) is 0 Å². The molecule has 8 heteroatoms. The van der Waals surface area contributed by atoms with Crippen molar-refractivity contribution in [2.75, 3.05) is 0 Å². The average molecular weight is 412 g/mol. The summed E-state index contributed by atoms with van der Waals surface area (Å²) in [6.07, 6.45) is -4.75. The zero-order valence-electron chi connectivity index (χ0n) is 7.68. The molecule has 0 amide bonds. The average Bonchev–Trinajstić information content (AvgIpc) is 2.19. The fourth-order valence-electron chi connectivity index (χ4n) is 0.980. The lowest BCUT2D eigenvalue weighted by molar-refractivity contribution is -0.275. The Kier molecular flexibility index (Phi) is 4.80. The monoisotopic (exact) mass is 411 g/mol. The van der Waals surface area contributed by atoms with Crippen LogP contribution in [0.25, 0.3) is 0 Å². The summed E-state index contributed by atoms with van der Waals surface area (Å²) in [5.74, 6) is -0.346. The molecule has 0 radical (unpaired) electrons. The molecule has 0 atom stereocenters. The maximum Gasteiger partial charge on any atom is 0.573 e. The molecule has 0 aliphatic heterocycles. The van der Waals surface area contributed by atoms with Gasteiger partial charge in [0.25, 0.3) is 0 Å². The summed E-state index contributed by atoms with van der Waals surface area (Å²) in [6, 6.07) is 1.07. The zero-order valence-corrected chi connectivity index (χ0v) is 11.4. The highest BCUT2D eigenvalue weighted by Gasteiger charge is 2.32. The van der Waals surface area contributed by atoms with Gasteiger partial charge in [0.2, 0.25) is 0 Å². The summed E-state index contributed by atoms with van der Waals surface area (Å²) in [5.41, 5.74) is 0.528. The molecule has 0 fully saturated rings. The number of nitrogens with zero attached hydrogens (tertiary/aromatic N) is 1. The van der Waals surface area contributed by atoms with Gasteiger partial charge in [0.1, 0.15) is 5.75 Å². The lowest BCUT2D eigenvalue weighted by atomic mass is 10.3. The van der Waals surface area contributed by atoms with E-state index in [0.717, 1.165) is 6.07 Å². The van der Waals surface area contributed by atoms with Gasteiger partial charge in [0, 0.05) is 11.4 Å². The van der Waals surface area contributed by atoms with Crippen LogP contribution in [-0.2, 0) is 11.9 Å². The van der Waals surface area contributed by atoms with Gasteiger partial charge in [-0.25, -0.2) is 0 Å². The van der Waals surface area contributed by atoms with Crippen molar-refractivity contribution in [3.63, 3.8) is 0 Å². The smallest absolute Gasteiger partial charge is 0.405 e. The predicted octanol–water partition coefficient (Wildman–Crippen LogP) is 2.97. The van der Waals surface area contributed by atoms with Crippen LogP contribution in [0.3, 0.4) is 0 Å². The molecule has 1 aromatic rings. The number of ether oxygens (including phenoxy) is 1. The highest BCUT2D eigenvalue weighted by atomic mass is 127. The Morgan fingerprint density at radius 1 is 1.50 bits per heavy atom. The van der Waals surface area contributed by atoms with E-state index in [-0.39, 0.29) is 20.3 Å². The first kappa shape index (κ1) is 14.0. The van der Waals surface area contributed by atoms with E-state index in [1.807, 2.05) is 0 Å². The second-order valence-electron chi connectivity index (χ2n) is 2.71. The van der Waals surface area contributed by atoms with Gasteiger partial charge in [-0.3, -0.25) is 4.98 Å². The minimum atomic E-state index is -4.75. The minimum absolute atomic E-state index is 0.133. The first-order valence-corrected chi connectivity index (χ1v) is 6.18. The molecular formula is C8H6BrF3INO2. The number of hydrogen-bond acceptors (Lipinski definition) is 3. The van der Waals surface area contributed by atoms with Gasteiger partial charge in [-0.15, -0.1) is 13.2 Å². The Labute approximate surface area is 111 Å². The summed E-state index contributed by atoms with van der Waals surface area (Å²) >= 11 is 4.81. The molecule has 0 spiro atoms. The van der Waals surface area contributed by atoms with Crippen molar-refractivity contribution in [3.05, 3.63) is 21.0 Å². The van der Waals surface area contributed by atoms with E-state index < -0.39 is 13.0 Å². The third-order valence-electron chi connectivity index (χ3n) is 1.56. The number of aliphatic hydroxyl groups excluding tert-OH is 1. The standard InChI is InChI=1S/C8H6BrF3INO2/c9-2-5-7(13)6(16-8(10,11)12)1-4(3-15)14-5/h1,15H,2-3H2. The van der Waals surface area contributed by atoms with Crippen LogP contribution in [0.4, 0.5) is 13.2 Å². The molecule has 0 bridgehead atoms. The van der Waals surface area contributed by atoms with Crippen molar-refractivity contribution in [2.45, 2.75) is 18.3 Å². The third-order valence-corrected chi connectivity index (χ3v) is 3.25. The van der Waals surface area contributed by atoms with Gasteiger partial charge in [-0.1, -0.05) is 15.9 Å². The molecule has 90 valence electrons. The van der Waals surface area contributed by atoms with E-state index in [1.165, 1.54) is 0 Å². The van der Waals surface area contributed by atoms with E-state index >= 15 is 0 Å². The summed E-state index contributed by atoms with van der Waals surface area (Å²) < 4.78 is 40.3. The van der Waals surface area contributed by atoms with E-state index in [9.17, 15) is 13.2 Å². The van der Waals surface area contributed by atoms with Crippen molar-refractivity contribution in [1.29, 1.82) is 0 Å². The number of aromatic nitrogens is 1. The van der Waals surface area contributed by atoms with E-state index in [4.69, 9.17) is 5.11 Å². The van der Waals surface area contributed by atoms with Gasteiger partial charge < -0.3 is 9.84 Å². The minimum Gasteiger partial charge on any atom is -0.405 e. The number of halogens is 5. The molecular weight excluding hydrogens is 406 g/mol. The largest absolute Gasteiger partial charge is 0.573 e. The normalized spacial score (nSPS) is 11.6. The van der Waals surface area contributed by atoms with Crippen LogP contribution in [0.1, 0.15) is 11.4 Å². The van der Waals surface area contributed by atoms with Crippen molar-refractivity contribution >= 4 is 38.5 Å². The zero-order chi connectivity index (χ0) is 12.3. The van der Waals surface area contributed by atoms with Gasteiger partial charge in [0.15, 0.2) is 0 Å². The van der Waals surface area contributed by atoms with Crippen LogP contribution in [0.15, 0.2) is 6.07 Å². The summed E-state index contributed by atoms with van der Waals surface area (Å²) in [6.45, 7) is -0.439. The van der Waals surface area contributed by atoms with Crippen LogP contribution in [0.5, 0.6) is 5.75 Å². The molecule has 0 aliphatic carbocycles. The van der Waals surface area contributed by atoms with Crippen molar-refractivity contribution in [3.8, 4) is 5.75 Å². The fourth-order valence-corrected chi connectivity index (χ4v) is 2.49. The number of aliphatic hydroxyl groups is 1. The third kappa shape index (κ3) is 3.74. The van der Waals surface area contributed by atoms with Crippen LogP contribution >= 0.6 is 38.5 Å². The Balaban J connectivity index is 3.16. The van der Waals surface area contributed by atoms with Gasteiger partial charge >= 0.3 is 6.36 Å². The Bertz CT molecular complexity index is 386. The summed E-state index contributed by atoms with van der Waals surface area (Å²) in [5, 5.41) is 9.14. The van der Waals surface area contributed by atoms with Crippen molar-refractivity contribution in [1.82, 2.24) is 4.98 Å². The molecule has 1 rings (SSSR count). The first-order valence-electron chi connectivity index (χ1n) is 3.98. The molecule has 0 aliphatic rings. The first-order chi connectivity index (χ1) is 7.37. The molecule has 1 aromatic heterocycles. The molecule has 0 aromatic carbocycles. The van der Waals surface area contributed by atoms with Crippen LogP contribution in [-0.4, -0.2) is 16.5 Å². The predicted molar refractivity (Wildman–Crippen MR) is 62.2 cm³/mol. The Morgan fingerprint density at radius 3 is 2.56 bits per heavy atom. The molecule has 16 heavy (non-hydrogen) atoms. The molecule has 0 saturated heterocycles. The number of hydrogen-bond donors (Lipinski definition) is 1. The van der Waals surface area contributed by atoms with E-state index in [0.29, 0.717) is 5.69 Å². The second-order valence-corrected chi connectivity index (χ2v) is 4.35. The Morgan fingerprint density at radius 2 is 2.12 bits per heavy atom. The lowest BCUT2D eigenvalue weighted by Gasteiger charge is -2.13. The van der Waals surface area contributed by atoms with E-state index in [2.05, 4.69) is 25.7 Å². The van der Waals surface area contributed by atoms with E-state index in [1.54, 1.807) is 22.6 Å². The highest BCUT2D eigenvalue weighted by Crippen LogP contribution is 2.30. The SMILES string of the molecule is OCc1cc(OC(F)(F)F)c(I)c(CBr)n1. The number of rotatable bonds is 3. The van der Waals surface area contributed by atoms with Gasteiger partial charge in [-0.05, 0) is 22.6 Å². The molecule has 1 heterocycles. The highest BCUT2D eigenvalue weighted by molar-refractivity contribution is 14.1. The molecule has 0 saturated carbocycles. The maximum atomic E-state index is 12.1. The summed E-state index contributed by atoms with van der Waals surface area (Å²) in [7, 11) is 0. The molecule has 0 unspecified atom stereocenters. The van der Waals surface area contributed by atoms with Gasteiger partial charge in [0.05, 0.1) is 21.6 Å². The number of alkyl halides is 4. The molecule has 1 N–H and O–H groups in total. The number of pyridine rings is 1. The van der Waals surface area contributed by atoms with Gasteiger partial charge in [-0.2, -0.15) is 0 Å². The molecule has 3 nitrogen and oxygen atoms in total. The second kappa shape index (κ2) is 5.50. The maximum absolute atomic E-state index is 12.1. The summed E-state index contributed by atoms with van der Waals surface area (Å²) in [4.78, 5) is 3.95.